The van der Waals surface area contributed by atoms with Gasteiger partial charge in [0.15, 0.2) is 0 Å². The predicted molar refractivity (Wildman–Crippen MR) is 56.9 cm³/mol. The average molecular weight is 232 g/mol. The van der Waals surface area contributed by atoms with E-state index in [0.717, 1.165) is 0 Å². The van der Waals surface area contributed by atoms with Gasteiger partial charge in [-0.1, -0.05) is 11.6 Å². The maximum Gasteiger partial charge on any atom is 0.326 e. The minimum atomic E-state index is -1.02. The van der Waals surface area contributed by atoms with Crippen molar-refractivity contribution in [3.8, 4) is 0 Å². The fraction of sp³-hybridized carbons (Fsp3) is 0.300. The lowest BCUT2D eigenvalue weighted by Gasteiger charge is -2.24. The molecule has 1 unspecified atom stereocenters. The summed E-state index contributed by atoms with van der Waals surface area (Å²) in [6.45, 7) is 1.47. The van der Waals surface area contributed by atoms with Gasteiger partial charge >= 0.3 is 5.97 Å². The van der Waals surface area contributed by atoms with Crippen LogP contribution in [-0.4, -0.2) is 24.2 Å². The Balaban J connectivity index is 3.04. The summed E-state index contributed by atoms with van der Waals surface area (Å²) < 4.78 is 13.4. The van der Waals surface area contributed by atoms with Crippen LogP contribution >= 0.6 is 11.6 Å². The second-order valence-electron chi connectivity index (χ2n) is 3.22. The normalized spacial score (nSPS) is 12.3. The first-order chi connectivity index (χ1) is 6.93. The topological polar surface area (TPSA) is 40.5 Å². The maximum atomic E-state index is 13.4. The Kier molecular flexibility index (Phi) is 3.52. The van der Waals surface area contributed by atoms with Gasteiger partial charge in [0.25, 0.3) is 0 Å². The Morgan fingerprint density at radius 3 is 2.73 bits per heavy atom. The number of hydrogen-bond acceptors (Lipinski definition) is 2. The van der Waals surface area contributed by atoms with E-state index in [1.807, 2.05) is 0 Å². The summed E-state index contributed by atoms with van der Waals surface area (Å²) in [7, 11) is 1.51. The Hall–Kier alpha value is -1.29. The van der Waals surface area contributed by atoms with E-state index >= 15 is 0 Å². The Bertz CT molecular complexity index is 384. The molecule has 0 fully saturated rings. The molecule has 0 aliphatic carbocycles. The molecule has 0 amide bonds. The van der Waals surface area contributed by atoms with E-state index in [1.54, 1.807) is 0 Å². The number of likely N-dealkylation sites (N-methyl/N-ethyl adjacent to an activating group) is 1. The van der Waals surface area contributed by atoms with Gasteiger partial charge in [-0.3, -0.25) is 0 Å². The first-order valence-corrected chi connectivity index (χ1v) is 4.72. The van der Waals surface area contributed by atoms with Crippen LogP contribution in [0.4, 0.5) is 10.1 Å². The molecule has 82 valence electrons. The molecule has 0 heterocycles. The number of rotatable bonds is 3. The lowest BCUT2D eigenvalue weighted by Crippen LogP contribution is -2.36. The Morgan fingerprint density at radius 2 is 2.20 bits per heavy atom. The van der Waals surface area contributed by atoms with Crippen LogP contribution in [-0.2, 0) is 4.79 Å². The fourth-order valence-corrected chi connectivity index (χ4v) is 1.30. The number of anilines is 1. The van der Waals surface area contributed by atoms with Gasteiger partial charge in [0.2, 0.25) is 0 Å². The monoisotopic (exact) mass is 231 g/mol. The van der Waals surface area contributed by atoms with Gasteiger partial charge in [-0.25, -0.2) is 9.18 Å². The van der Waals surface area contributed by atoms with Crippen LogP contribution in [0.1, 0.15) is 6.92 Å². The highest BCUT2D eigenvalue weighted by molar-refractivity contribution is 6.30. The number of halogens is 2. The van der Waals surface area contributed by atoms with Crippen LogP contribution in [0.2, 0.25) is 5.02 Å². The van der Waals surface area contributed by atoms with Gasteiger partial charge in [-0.15, -0.1) is 0 Å². The molecule has 1 aromatic carbocycles. The first kappa shape index (κ1) is 11.8. The molecule has 0 aliphatic heterocycles. The molecule has 0 bridgehead atoms. The molecule has 0 aliphatic rings. The number of benzene rings is 1. The zero-order chi connectivity index (χ0) is 11.6. The van der Waals surface area contributed by atoms with Crippen LogP contribution in [0, 0.1) is 5.82 Å². The van der Waals surface area contributed by atoms with E-state index in [4.69, 9.17) is 16.7 Å². The molecule has 0 spiro atoms. The van der Waals surface area contributed by atoms with Crippen LogP contribution in [0.5, 0.6) is 0 Å². The fourth-order valence-electron chi connectivity index (χ4n) is 1.13. The molecule has 1 rings (SSSR count). The summed E-state index contributed by atoms with van der Waals surface area (Å²) >= 11 is 5.70. The van der Waals surface area contributed by atoms with Crippen molar-refractivity contribution in [2.45, 2.75) is 13.0 Å². The van der Waals surface area contributed by atoms with Crippen molar-refractivity contribution in [2.24, 2.45) is 0 Å². The molecule has 0 aromatic heterocycles. The van der Waals surface area contributed by atoms with Crippen LogP contribution < -0.4 is 4.90 Å². The molecule has 1 aromatic rings. The summed E-state index contributed by atoms with van der Waals surface area (Å²) in [6.07, 6.45) is 0. The average Bonchev–Trinajstić information content (AvgIpc) is 2.19. The minimum Gasteiger partial charge on any atom is -0.480 e. The molecular formula is C10H11ClFNO2. The van der Waals surface area contributed by atoms with E-state index < -0.39 is 17.8 Å². The van der Waals surface area contributed by atoms with Crippen LogP contribution in [0.25, 0.3) is 0 Å². The van der Waals surface area contributed by atoms with Crippen molar-refractivity contribution in [2.75, 3.05) is 11.9 Å². The third-order valence-electron chi connectivity index (χ3n) is 2.23. The van der Waals surface area contributed by atoms with Gasteiger partial charge in [-0.2, -0.15) is 0 Å². The van der Waals surface area contributed by atoms with Crippen molar-refractivity contribution in [1.82, 2.24) is 0 Å². The quantitative estimate of drug-likeness (QED) is 0.869. The van der Waals surface area contributed by atoms with E-state index in [0.29, 0.717) is 5.02 Å². The molecule has 15 heavy (non-hydrogen) atoms. The van der Waals surface area contributed by atoms with Crippen molar-refractivity contribution in [3.05, 3.63) is 29.0 Å². The van der Waals surface area contributed by atoms with Crippen molar-refractivity contribution in [1.29, 1.82) is 0 Å². The highest BCUT2D eigenvalue weighted by Crippen LogP contribution is 2.24. The first-order valence-electron chi connectivity index (χ1n) is 4.34. The van der Waals surface area contributed by atoms with E-state index in [1.165, 1.54) is 37.1 Å². The van der Waals surface area contributed by atoms with Gasteiger partial charge < -0.3 is 10.0 Å². The smallest absolute Gasteiger partial charge is 0.326 e. The second-order valence-corrected chi connectivity index (χ2v) is 3.66. The van der Waals surface area contributed by atoms with Crippen molar-refractivity contribution >= 4 is 23.3 Å². The second kappa shape index (κ2) is 4.49. The number of carboxylic acid groups (broad SMARTS) is 1. The maximum absolute atomic E-state index is 13.4. The summed E-state index contributed by atoms with van der Waals surface area (Å²) in [5.74, 6) is -1.51. The minimum absolute atomic E-state index is 0.178. The van der Waals surface area contributed by atoms with E-state index in [9.17, 15) is 9.18 Å². The Labute approximate surface area is 92.1 Å². The van der Waals surface area contributed by atoms with E-state index in [2.05, 4.69) is 0 Å². The lowest BCUT2D eigenvalue weighted by atomic mass is 10.2. The molecular weight excluding hydrogens is 221 g/mol. The number of nitrogens with zero attached hydrogens (tertiary/aromatic N) is 1. The molecule has 3 nitrogen and oxygen atoms in total. The standard InChI is InChI=1S/C10H11ClFNO2/c1-6(10(14)15)13(2)9-5-7(11)3-4-8(9)12/h3-6H,1-2H3,(H,14,15). The zero-order valence-electron chi connectivity index (χ0n) is 8.37. The molecule has 1 N–H and O–H groups in total. The molecule has 5 heteroatoms. The number of aliphatic carboxylic acids is 1. The summed E-state index contributed by atoms with van der Waals surface area (Å²) in [5, 5.41) is 9.15. The highest BCUT2D eigenvalue weighted by atomic mass is 35.5. The largest absolute Gasteiger partial charge is 0.480 e. The van der Waals surface area contributed by atoms with Gasteiger partial charge in [0.05, 0.1) is 5.69 Å². The number of hydrogen-bond donors (Lipinski definition) is 1. The third kappa shape index (κ3) is 2.59. The highest BCUT2D eigenvalue weighted by Gasteiger charge is 2.19. The molecule has 0 radical (unpaired) electrons. The van der Waals surface area contributed by atoms with Gasteiger partial charge in [0.1, 0.15) is 11.9 Å². The summed E-state index contributed by atoms with van der Waals surface area (Å²) in [4.78, 5) is 12.0. The lowest BCUT2D eigenvalue weighted by molar-refractivity contribution is -0.138. The van der Waals surface area contributed by atoms with E-state index in [-0.39, 0.29) is 5.69 Å². The van der Waals surface area contributed by atoms with Crippen LogP contribution in [0.3, 0.4) is 0 Å². The zero-order valence-corrected chi connectivity index (χ0v) is 9.12. The SMILES string of the molecule is CC(C(=O)O)N(C)c1cc(Cl)ccc1F. The van der Waals surface area contributed by atoms with Gasteiger partial charge in [-0.05, 0) is 25.1 Å². The van der Waals surface area contributed by atoms with Crippen LogP contribution in [0.15, 0.2) is 18.2 Å². The molecule has 0 saturated heterocycles. The van der Waals surface area contributed by atoms with Crippen molar-refractivity contribution in [3.63, 3.8) is 0 Å². The Morgan fingerprint density at radius 1 is 1.60 bits per heavy atom. The third-order valence-corrected chi connectivity index (χ3v) is 2.46. The molecule has 0 saturated carbocycles. The predicted octanol–water partition coefficient (Wildman–Crippen LogP) is 2.39. The number of carbonyl (C=O) groups is 1. The van der Waals surface area contributed by atoms with Crippen molar-refractivity contribution < 1.29 is 14.3 Å². The number of carboxylic acids is 1. The summed E-state index contributed by atoms with van der Waals surface area (Å²) in [6, 6.07) is 3.22. The molecule has 1 atom stereocenters. The summed E-state index contributed by atoms with van der Waals surface area (Å²) in [5.41, 5.74) is 0.178. The van der Waals surface area contributed by atoms with Gasteiger partial charge in [0, 0.05) is 12.1 Å².